The Bertz CT molecular complexity index is 2480. The Morgan fingerprint density at radius 3 is 1.96 bits per heavy atom. The van der Waals surface area contributed by atoms with Crippen molar-refractivity contribution in [2.24, 2.45) is 0 Å². The number of anilines is 1. The van der Waals surface area contributed by atoms with Crippen LogP contribution >= 0.6 is 0 Å². The molecule has 0 bridgehead atoms. The number of benzene rings is 4. The standard InChI is InChI=1S/C37H36N2O8S2.C5H5N.2H2O/c1-2-27(23-36-38(19-9-21-48(40,41)42)32-25-30(15-17-34(32)46-36)28-11-5-3-6-12-28)24-37-39(20-10-22-49(43,44)45)33-26-31(16-18-35(33)47-37)29-13-7-4-8-14-29;1-2-4-6-5-3-1;;/h3-8,11-18,23-26H,2,9-10,19-22H2,1H3,(H-,40,41,42,43,44,45);1-5H;2*1H2. The van der Waals surface area contributed by atoms with Crippen LogP contribution in [0, 0.1) is 0 Å². The number of nitrogens with zero attached hydrogens (tertiary/aromatic N) is 3. The Morgan fingerprint density at radius 2 is 1.40 bits per heavy atom. The first-order valence-corrected chi connectivity index (χ1v) is 21.0. The molecule has 0 unspecified atom stereocenters. The predicted octanol–water partition coefficient (Wildman–Crippen LogP) is 6.23. The number of allylic oxidation sites excluding steroid dienone is 2. The first-order chi connectivity index (χ1) is 26.5. The van der Waals surface area contributed by atoms with Gasteiger partial charge in [-0.1, -0.05) is 85.8 Å². The SMILES string of the molecule is CCC(=Cc1oc2ccc(-c3ccccc3)cc2[n+]1CCCS(=O)(=O)[O-])/C=C1/Oc2ccc(-c3ccccc3)cc2N1CCCS(=O)(=O)O.O.O.c1ccncc1. The lowest BCUT2D eigenvalue weighted by Crippen LogP contribution is -2.36. The summed E-state index contributed by atoms with van der Waals surface area (Å²) in [5.41, 5.74) is 6.89. The number of hydrogen-bond donors (Lipinski definition) is 1. The van der Waals surface area contributed by atoms with Crippen LogP contribution in [0.1, 0.15) is 32.1 Å². The lowest BCUT2D eigenvalue weighted by atomic mass is 10.0. The normalized spacial score (nSPS) is 13.2. The molecule has 7 rings (SSSR count). The molecule has 0 amide bonds. The lowest BCUT2D eigenvalue weighted by Gasteiger charge is -2.19. The molecule has 300 valence electrons. The predicted molar refractivity (Wildman–Crippen MR) is 220 cm³/mol. The molecule has 0 aliphatic carbocycles. The fraction of sp³-hybridized carbons (Fsp3) is 0.190. The van der Waals surface area contributed by atoms with Crippen LogP contribution in [0.5, 0.6) is 5.75 Å². The van der Waals surface area contributed by atoms with Gasteiger partial charge in [-0.25, -0.2) is 8.42 Å². The van der Waals surface area contributed by atoms with Crippen molar-refractivity contribution in [3.63, 3.8) is 0 Å². The molecule has 5 N–H and O–H groups in total. The van der Waals surface area contributed by atoms with E-state index in [1.54, 1.807) is 12.4 Å². The number of pyridine rings is 1. The number of aryl methyl sites for hydroxylation is 1. The minimum atomic E-state index is -4.40. The minimum Gasteiger partial charge on any atom is -0.748 e. The highest BCUT2D eigenvalue weighted by molar-refractivity contribution is 7.85. The number of ether oxygens (including phenoxy) is 1. The number of oxazole rings is 1. The highest BCUT2D eigenvalue weighted by Gasteiger charge is 2.28. The van der Waals surface area contributed by atoms with Gasteiger partial charge in [0.05, 0.1) is 27.6 Å². The van der Waals surface area contributed by atoms with Gasteiger partial charge in [-0.2, -0.15) is 13.0 Å². The van der Waals surface area contributed by atoms with Gasteiger partial charge in [-0.05, 0) is 71.0 Å². The van der Waals surface area contributed by atoms with Gasteiger partial charge < -0.3 is 29.6 Å². The maximum absolute atomic E-state index is 11.6. The molecule has 0 saturated carbocycles. The summed E-state index contributed by atoms with van der Waals surface area (Å²) >= 11 is 0. The van der Waals surface area contributed by atoms with E-state index >= 15 is 0 Å². The maximum Gasteiger partial charge on any atom is 0.374 e. The van der Waals surface area contributed by atoms with E-state index in [1.165, 1.54) is 0 Å². The molecule has 0 spiro atoms. The zero-order valence-corrected chi connectivity index (χ0v) is 32.8. The highest BCUT2D eigenvalue weighted by atomic mass is 32.2. The topological polar surface area (TPSA) is 217 Å². The van der Waals surface area contributed by atoms with Gasteiger partial charge >= 0.3 is 5.89 Å². The summed E-state index contributed by atoms with van der Waals surface area (Å²) in [4.78, 5) is 5.68. The second-order valence-corrected chi connectivity index (χ2v) is 15.9. The molecule has 0 atom stereocenters. The molecular formula is C42H45N3O10S2. The van der Waals surface area contributed by atoms with E-state index in [1.807, 2.05) is 144 Å². The molecule has 57 heavy (non-hydrogen) atoms. The summed E-state index contributed by atoms with van der Waals surface area (Å²) in [5, 5.41) is 0. The lowest BCUT2D eigenvalue weighted by molar-refractivity contribution is -0.677. The minimum absolute atomic E-state index is 0. The van der Waals surface area contributed by atoms with E-state index in [4.69, 9.17) is 9.15 Å². The van der Waals surface area contributed by atoms with Crippen LogP contribution in [-0.4, -0.2) is 59.9 Å². The van der Waals surface area contributed by atoms with Gasteiger partial charge in [0.25, 0.3) is 15.6 Å². The number of aromatic nitrogens is 2. The summed E-state index contributed by atoms with van der Waals surface area (Å²) in [6.07, 6.45) is 8.06. The average Bonchev–Trinajstić information content (AvgIpc) is 3.70. The van der Waals surface area contributed by atoms with E-state index in [-0.39, 0.29) is 36.9 Å². The van der Waals surface area contributed by atoms with Crippen molar-refractivity contribution in [3.05, 3.63) is 151 Å². The molecular weight excluding hydrogens is 771 g/mol. The largest absolute Gasteiger partial charge is 0.748 e. The summed E-state index contributed by atoms with van der Waals surface area (Å²) < 4.78 is 81.3. The summed E-state index contributed by atoms with van der Waals surface area (Å²) in [5.74, 6) is 0.657. The molecule has 3 heterocycles. The Morgan fingerprint density at radius 1 is 0.789 bits per heavy atom. The third-order valence-electron chi connectivity index (χ3n) is 8.83. The van der Waals surface area contributed by atoms with E-state index in [0.717, 1.165) is 39.0 Å². The number of fused-ring (bicyclic) bond motifs is 2. The first-order valence-electron chi connectivity index (χ1n) is 17.8. The smallest absolute Gasteiger partial charge is 0.374 e. The summed E-state index contributed by atoms with van der Waals surface area (Å²) in [7, 11) is -8.56. The van der Waals surface area contributed by atoms with Crippen LogP contribution < -0.4 is 14.2 Å². The van der Waals surface area contributed by atoms with Gasteiger partial charge in [0, 0.05) is 43.3 Å². The Hall–Kier alpha value is -5.68. The maximum atomic E-state index is 11.6. The highest BCUT2D eigenvalue weighted by Crippen LogP contribution is 2.42. The van der Waals surface area contributed by atoms with E-state index in [9.17, 15) is 25.9 Å². The van der Waals surface area contributed by atoms with Crippen LogP contribution in [0.25, 0.3) is 39.4 Å². The van der Waals surface area contributed by atoms with Crippen LogP contribution in [0.15, 0.2) is 150 Å². The fourth-order valence-corrected chi connectivity index (χ4v) is 7.16. The van der Waals surface area contributed by atoms with Crippen LogP contribution in [-0.2, 0) is 26.8 Å². The van der Waals surface area contributed by atoms with Crippen molar-refractivity contribution in [2.45, 2.75) is 32.7 Å². The van der Waals surface area contributed by atoms with Crippen molar-refractivity contribution in [3.8, 4) is 28.0 Å². The third-order valence-corrected chi connectivity index (χ3v) is 10.4. The summed E-state index contributed by atoms with van der Waals surface area (Å²) in [6.45, 7) is 2.48. The van der Waals surface area contributed by atoms with Crippen LogP contribution in [0.4, 0.5) is 5.69 Å². The zero-order chi connectivity index (χ0) is 38.8. The van der Waals surface area contributed by atoms with E-state index < -0.39 is 31.7 Å². The van der Waals surface area contributed by atoms with Crippen molar-refractivity contribution in [2.75, 3.05) is 23.0 Å². The van der Waals surface area contributed by atoms with Gasteiger partial charge in [0.15, 0.2) is 12.3 Å². The van der Waals surface area contributed by atoms with E-state index in [0.29, 0.717) is 29.5 Å². The van der Waals surface area contributed by atoms with Crippen molar-refractivity contribution < 1.29 is 50.6 Å². The molecule has 4 aromatic carbocycles. The van der Waals surface area contributed by atoms with Crippen molar-refractivity contribution in [1.82, 2.24) is 4.98 Å². The van der Waals surface area contributed by atoms with Crippen LogP contribution in [0.2, 0.25) is 0 Å². The Labute approximate surface area is 332 Å². The van der Waals surface area contributed by atoms with Gasteiger partial charge in [0.2, 0.25) is 11.5 Å². The molecule has 1 aliphatic rings. The molecule has 1 aliphatic heterocycles. The summed E-state index contributed by atoms with van der Waals surface area (Å²) in [6, 6.07) is 37.1. The second kappa shape index (κ2) is 20.0. The second-order valence-electron chi connectivity index (χ2n) is 12.8. The third kappa shape index (κ3) is 12.2. The van der Waals surface area contributed by atoms with Crippen LogP contribution in [0.3, 0.4) is 0 Å². The zero-order valence-electron chi connectivity index (χ0n) is 31.2. The van der Waals surface area contributed by atoms with Crippen molar-refractivity contribution >= 4 is 43.1 Å². The van der Waals surface area contributed by atoms with Gasteiger partial charge in [0.1, 0.15) is 0 Å². The van der Waals surface area contributed by atoms with E-state index in [2.05, 4.69) is 4.98 Å². The van der Waals surface area contributed by atoms with Crippen molar-refractivity contribution in [1.29, 1.82) is 0 Å². The monoisotopic (exact) mass is 815 g/mol. The fourth-order valence-electron chi connectivity index (χ4n) is 6.18. The first kappa shape index (κ1) is 44.0. The molecule has 13 nitrogen and oxygen atoms in total. The molecule has 0 saturated heterocycles. The molecule has 0 radical (unpaired) electrons. The quantitative estimate of drug-likeness (QED) is 0.102. The number of rotatable bonds is 13. The Balaban J connectivity index is 0.000000824. The number of hydrogen-bond acceptors (Lipinski definition) is 9. The van der Waals surface area contributed by atoms with Gasteiger partial charge in [-0.15, -0.1) is 0 Å². The molecule has 0 fully saturated rings. The average molecular weight is 816 g/mol. The molecule has 15 heteroatoms. The Kier molecular flexibility index (Phi) is 15.4. The molecule has 2 aromatic heterocycles. The molecule has 6 aromatic rings. The van der Waals surface area contributed by atoms with Gasteiger partial charge in [-0.3, -0.25) is 9.54 Å².